The predicted octanol–water partition coefficient (Wildman–Crippen LogP) is 2.32. The van der Waals surface area contributed by atoms with Gasteiger partial charge in [-0.25, -0.2) is 4.39 Å². The number of hydrogen-bond donors (Lipinski definition) is 1. The van der Waals surface area contributed by atoms with Gasteiger partial charge in [0.1, 0.15) is 17.7 Å². The van der Waals surface area contributed by atoms with E-state index in [2.05, 4.69) is 11.9 Å². The molecular formula is C14H21FN2O. The summed E-state index contributed by atoms with van der Waals surface area (Å²) in [5, 5.41) is 0. The van der Waals surface area contributed by atoms with Crippen molar-refractivity contribution in [2.75, 3.05) is 20.1 Å². The predicted molar refractivity (Wildman–Crippen MR) is 70.1 cm³/mol. The quantitative estimate of drug-likeness (QED) is 0.897. The Morgan fingerprint density at radius 1 is 1.39 bits per heavy atom. The van der Waals surface area contributed by atoms with Crippen LogP contribution < -0.4 is 10.5 Å². The molecule has 1 aromatic carbocycles. The molecule has 1 aromatic rings. The smallest absolute Gasteiger partial charge is 0.124 e. The van der Waals surface area contributed by atoms with Gasteiger partial charge in [-0.15, -0.1) is 0 Å². The van der Waals surface area contributed by atoms with Gasteiger partial charge in [0.2, 0.25) is 0 Å². The zero-order chi connectivity index (χ0) is 13.1. The number of benzene rings is 1. The van der Waals surface area contributed by atoms with E-state index < -0.39 is 0 Å². The first-order chi connectivity index (χ1) is 8.56. The molecule has 0 aliphatic carbocycles. The van der Waals surface area contributed by atoms with Crippen molar-refractivity contribution in [2.24, 2.45) is 5.73 Å². The van der Waals surface area contributed by atoms with E-state index in [0.717, 1.165) is 37.2 Å². The molecule has 2 N–H and O–H groups in total. The lowest BCUT2D eigenvalue weighted by atomic mass is 10.1. The van der Waals surface area contributed by atoms with Crippen LogP contribution >= 0.6 is 0 Å². The Hall–Kier alpha value is -1.13. The fourth-order valence-corrected chi connectivity index (χ4v) is 2.26. The highest BCUT2D eigenvalue weighted by Gasteiger charge is 2.20. The van der Waals surface area contributed by atoms with E-state index in [1.165, 1.54) is 12.1 Å². The molecule has 100 valence electrons. The van der Waals surface area contributed by atoms with Crippen molar-refractivity contribution in [3.8, 4) is 5.75 Å². The molecule has 1 atom stereocenters. The van der Waals surface area contributed by atoms with Gasteiger partial charge in [-0.2, -0.15) is 0 Å². The van der Waals surface area contributed by atoms with E-state index in [0.29, 0.717) is 0 Å². The molecule has 0 saturated carbocycles. The highest BCUT2D eigenvalue weighted by atomic mass is 19.1. The number of rotatable bonds is 3. The van der Waals surface area contributed by atoms with Crippen molar-refractivity contribution in [1.29, 1.82) is 0 Å². The van der Waals surface area contributed by atoms with E-state index >= 15 is 0 Å². The summed E-state index contributed by atoms with van der Waals surface area (Å²) >= 11 is 0. The Morgan fingerprint density at radius 3 is 2.67 bits per heavy atom. The summed E-state index contributed by atoms with van der Waals surface area (Å²) in [5.41, 5.74) is 6.60. The second kappa shape index (κ2) is 5.67. The zero-order valence-electron chi connectivity index (χ0n) is 11.0. The molecule has 1 heterocycles. The Morgan fingerprint density at radius 2 is 2.06 bits per heavy atom. The van der Waals surface area contributed by atoms with Gasteiger partial charge < -0.3 is 15.4 Å². The lowest BCUT2D eigenvalue weighted by Gasteiger charge is -2.30. The highest BCUT2D eigenvalue weighted by molar-refractivity contribution is 5.36. The molecule has 2 rings (SSSR count). The number of hydrogen-bond acceptors (Lipinski definition) is 3. The molecule has 0 unspecified atom stereocenters. The van der Waals surface area contributed by atoms with Gasteiger partial charge in [-0.1, -0.05) is 0 Å². The van der Waals surface area contributed by atoms with E-state index in [1.54, 1.807) is 6.07 Å². The first-order valence-electron chi connectivity index (χ1n) is 6.46. The summed E-state index contributed by atoms with van der Waals surface area (Å²) in [6.45, 7) is 3.93. The minimum atomic E-state index is -0.266. The van der Waals surface area contributed by atoms with Crippen molar-refractivity contribution in [3.05, 3.63) is 29.6 Å². The average Bonchev–Trinajstić information content (AvgIpc) is 2.34. The van der Waals surface area contributed by atoms with Gasteiger partial charge in [0.25, 0.3) is 0 Å². The number of nitrogens with two attached hydrogens (primary N) is 1. The molecule has 1 fully saturated rings. The number of likely N-dealkylation sites (tertiary alicyclic amines) is 1. The third-order valence-corrected chi connectivity index (χ3v) is 3.42. The molecule has 0 radical (unpaired) electrons. The van der Waals surface area contributed by atoms with Gasteiger partial charge in [0, 0.05) is 24.7 Å². The Bertz CT molecular complexity index is 401. The summed E-state index contributed by atoms with van der Waals surface area (Å²) in [6.07, 6.45) is 2.22. The summed E-state index contributed by atoms with van der Waals surface area (Å²) in [5.74, 6) is 0.457. The summed E-state index contributed by atoms with van der Waals surface area (Å²) in [4.78, 5) is 2.29. The largest absolute Gasteiger partial charge is 0.490 e. The molecule has 3 nitrogen and oxygen atoms in total. The number of halogens is 1. The minimum absolute atomic E-state index is 0.212. The van der Waals surface area contributed by atoms with E-state index in [4.69, 9.17) is 10.5 Å². The van der Waals surface area contributed by atoms with Crippen LogP contribution in [0.3, 0.4) is 0 Å². The maximum atomic E-state index is 13.2. The maximum absolute atomic E-state index is 13.2. The van der Waals surface area contributed by atoms with Crippen molar-refractivity contribution >= 4 is 0 Å². The van der Waals surface area contributed by atoms with Crippen molar-refractivity contribution < 1.29 is 9.13 Å². The van der Waals surface area contributed by atoms with Crippen LogP contribution in [0.1, 0.15) is 31.4 Å². The zero-order valence-corrected chi connectivity index (χ0v) is 11.0. The average molecular weight is 252 g/mol. The number of nitrogens with zero attached hydrogens (tertiary/aromatic N) is 1. The molecule has 0 spiro atoms. The highest BCUT2D eigenvalue weighted by Crippen LogP contribution is 2.27. The Kier molecular flexibility index (Phi) is 4.19. The van der Waals surface area contributed by atoms with Gasteiger partial charge in [-0.05, 0) is 45.0 Å². The summed E-state index contributed by atoms with van der Waals surface area (Å²) in [7, 11) is 2.11. The maximum Gasteiger partial charge on any atom is 0.124 e. The lowest BCUT2D eigenvalue weighted by Crippen LogP contribution is -2.35. The van der Waals surface area contributed by atoms with E-state index in [9.17, 15) is 4.39 Å². The monoisotopic (exact) mass is 252 g/mol. The number of piperidine rings is 1. The van der Waals surface area contributed by atoms with Crippen molar-refractivity contribution in [3.63, 3.8) is 0 Å². The molecule has 0 amide bonds. The molecule has 4 heteroatoms. The normalized spacial score (nSPS) is 19.8. The molecule has 1 saturated heterocycles. The van der Waals surface area contributed by atoms with Crippen LogP contribution in [0.4, 0.5) is 4.39 Å². The van der Waals surface area contributed by atoms with Gasteiger partial charge in [0.05, 0.1) is 0 Å². The third-order valence-electron chi connectivity index (χ3n) is 3.42. The minimum Gasteiger partial charge on any atom is -0.490 e. The molecular weight excluding hydrogens is 231 g/mol. The third kappa shape index (κ3) is 3.21. The first-order valence-corrected chi connectivity index (χ1v) is 6.46. The second-order valence-electron chi connectivity index (χ2n) is 5.09. The molecule has 18 heavy (non-hydrogen) atoms. The van der Waals surface area contributed by atoms with Gasteiger partial charge >= 0.3 is 0 Å². The van der Waals surface area contributed by atoms with Crippen LogP contribution in [0, 0.1) is 5.82 Å². The van der Waals surface area contributed by atoms with E-state index in [1.807, 2.05) is 6.92 Å². The van der Waals surface area contributed by atoms with Crippen LogP contribution in [-0.2, 0) is 0 Å². The van der Waals surface area contributed by atoms with Gasteiger partial charge in [-0.3, -0.25) is 0 Å². The molecule has 1 aliphatic heterocycles. The van der Waals surface area contributed by atoms with Crippen LogP contribution in [-0.4, -0.2) is 31.1 Å². The standard InChI is InChI=1S/C14H21FN2O/c1-10(16)13-9-11(15)3-4-14(13)18-12-5-7-17(2)8-6-12/h3-4,9-10,12H,5-8,16H2,1-2H3/t10-/m0/s1. The molecule has 1 aliphatic rings. The fraction of sp³-hybridized carbons (Fsp3) is 0.571. The summed E-state index contributed by atoms with van der Waals surface area (Å²) in [6, 6.07) is 4.36. The van der Waals surface area contributed by atoms with E-state index in [-0.39, 0.29) is 18.0 Å². The summed E-state index contributed by atoms with van der Waals surface area (Å²) < 4.78 is 19.2. The Balaban J connectivity index is 2.09. The van der Waals surface area contributed by atoms with Crippen LogP contribution in [0.2, 0.25) is 0 Å². The van der Waals surface area contributed by atoms with Gasteiger partial charge in [0.15, 0.2) is 0 Å². The van der Waals surface area contributed by atoms with Crippen LogP contribution in [0.25, 0.3) is 0 Å². The van der Waals surface area contributed by atoms with Crippen molar-refractivity contribution in [1.82, 2.24) is 4.90 Å². The second-order valence-corrected chi connectivity index (χ2v) is 5.09. The van der Waals surface area contributed by atoms with Crippen LogP contribution in [0.15, 0.2) is 18.2 Å². The van der Waals surface area contributed by atoms with Crippen molar-refractivity contribution in [2.45, 2.75) is 31.9 Å². The topological polar surface area (TPSA) is 38.5 Å². The first kappa shape index (κ1) is 13.3. The fourth-order valence-electron chi connectivity index (χ4n) is 2.26. The SMILES string of the molecule is C[C@H](N)c1cc(F)ccc1OC1CCN(C)CC1. The molecule has 0 bridgehead atoms. The Labute approximate surface area is 108 Å². The lowest BCUT2D eigenvalue weighted by molar-refractivity contribution is 0.113. The molecule has 0 aromatic heterocycles. The van der Waals surface area contributed by atoms with Crippen LogP contribution in [0.5, 0.6) is 5.75 Å². The number of ether oxygens (including phenoxy) is 1.